The van der Waals surface area contributed by atoms with Gasteiger partial charge in [0.1, 0.15) is 0 Å². The van der Waals surface area contributed by atoms with Crippen molar-refractivity contribution < 1.29 is 29.0 Å². The van der Waals surface area contributed by atoms with Crippen molar-refractivity contribution in [2.45, 2.75) is 18.9 Å². The average Bonchev–Trinajstić information content (AvgIpc) is 2.26. The van der Waals surface area contributed by atoms with Gasteiger partial charge in [-0.1, -0.05) is 0 Å². The molecule has 0 aliphatic carbocycles. The molecule has 0 amide bonds. The molecule has 1 unspecified atom stereocenters. The zero-order valence-corrected chi connectivity index (χ0v) is 8.05. The van der Waals surface area contributed by atoms with Crippen LogP contribution < -0.4 is 0 Å². The highest BCUT2D eigenvalue weighted by atomic mass is 16.6. The van der Waals surface area contributed by atoms with Gasteiger partial charge >= 0.3 is 5.97 Å². The highest BCUT2D eigenvalue weighted by Gasteiger charge is 2.34. The second-order valence-electron chi connectivity index (χ2n) is 3.24. The maximum absolute atomic E-state index is 11.6. The first-order valence-electron chi connectivity index (χ1n) is 4.60. The van der Waals surface area contributed by atoms with Crippen LogP contribution >= 0.6 is 0 Å². The molecule has 0 aromatic heterocycles. The van der Waals surface area contributed by atoms with Gasteiger partial charge in [0.05, 0.1) is 0 Å². The third-order valence-electron chi connectivity index (χ3n) is 2.30. The summed E-state index contributed by atoms with van der Waals surface area (Å²) in [6.45, 7) is 0.851. The maximum Gasteiger partial charge on any atom is 0.352 e. The molecule has 0 aromatic carbocycles. The normalized spacial score (nSPS) is 19.2. The first kappa shape index (κ1) is 11.6. The maximum atomic E-state index is 11.6. The first-order valence-corrected chi connectivity index (χ1v) is 4.60. The van der Waals surface area contributed by atoms with Gasteiger partial charge < -0.3 is 14.6 Å². The third-order valence-corrected chi connectivity index (χ3v) is 2.30. The van der Waals surface area contributed by atoms with Crippen LogP contribution in [0.4, 0.5) is 0 Å². The second kappa shape index (κ2) is 5.45. The van der Waals surface area contributed by atoms with Gasteiger partial charge in [0.25, 0.3) is 12.6 Å². The quantitative estimate of drug-likeness (QED) is 0.497. The largest absolute Gasteiger partial charge is 0.478 e. The van der Waals surface area contributed by atoms with Crippen molar-refractivity contribution in [1.29, 1.82) is 0 Å². The van der Waals surface area contributed by atoms with Gasteiger partial charge in [-0.25, -0.2) is 4.79 Å². The molecule has 84 valence electrons. The summed E-state index contributed by atoms with van der Waals surface area (Å²) in [5.41, 5.74) is 0. The molecule has 1 rings (SSSR count). The number of rotatable bonds is 5. The second-order valence-corrected chi connectivity index (χ2v) is 3.24. The number of Topliss-reactive ketones (excluding diaryl/α,β-unsaturated/α-hetero) is 1. The van der Waals surface area contributed by atoms with Crippen LogP contribution in [0.3, 0.4) is 0 Å². The van der Waals surface area contributed by atoms with Gasteiger partial charge in [0.2, 0.25) is 0 Å². The minimum absolute atomic E-state index is 0.0178. The zero-order chi connectivity index (χ0) is 11.3. The van der Waals surface area contributed by atoms with E-state index >= 15 is 0 Å². The number of hydrogen-bond acceptors (Lipinski definition) is 5. The Bertz CT molecular complexity index is 255. The molecule has 6 heteroatoms. The van der Waals surface area contributed by atoms with Crippen molar-refractivity contribution in [3.63, 3.8) is 0 Å². The summed E-state index contributed by atoms with van der Waals surface area (Å²) in [6.07, 6.45) is -0.721. The van der Waals surface area contributed by atoms with E-state index < -0.39 is 17.9 Å². The van der Waals surface area contributed by atoms with Gasteiger partial charge in [-0.15, -0.1) is 0 Å². The zero-order valence-electron chi connectivity index (χ0n) is 8.05. The fourth-order valence-corrected chi connectivity index (χ4v) is 1.50. The summed E-state index contributed by atoms with van der Waals surface area (Å²) in [5, 5.41) is 8.67. The fraction of sp³-hybridized carbons (Fsp3) is 0.667. The lowest BCUT2D eigenvalue weighted by Gasteiger charge is -2.22. The summed E-state index contributed by atoms with van der Waals surface area (Å²) >= 11 is 0. The van der Waals surface area contributed by atoms with Crippen LogP contribution in [0, 0.1) is 5.92 Å². The van der Waals surface area contributed by atoms with E-state index in [2.05, 4.69) is 4.74 Å². The van der Waals surface area contributed by atoms with Crippen LogP contribution in [0.5, 0.6) is 0 Å². The lowest BCUT2D eigenvalue weighted by molar-refractivity contribution is -0.163. The van der Waals surface area contributed by atoms with Crippen LogP contribution in [-0.4, -0.2) is 42.6 Å². The molecule has 0 saturated carbocycles. The summed E-state index contributed by atoms with van der Waals surface area (Å²) in [4.78, 5) is 32.3. The number of aliphatic carboxylic acids is 1. The average molecular weight is 216 g/mol. The summed E-state index contributed by atoms with van der Waals surface area (Å²) in [6, 6.07) is 0. The number of carbonyl (C=O) groups excluding carboxylic acids is 2. The Balaban J connectivity index is 2.61. The number of carboxylic acid groups (broad SMARTS) is 1. The van der Waals surface area contributed by atoms with Crippen LogP contribution in [0.15, 0.2) is 0 Å². The van der Waals surface area contributed by atoms with Crippen LogP contribution in [0.25, 0.3) is 0 Å². The molecular formula is C9H12O6. The predicted molar refractivity (Wildman–Crippen MR) is 47.1 cm³/mol. The van der Waals surface area contributed by atoms with Crippen molar-refractivity contribution in [3.05, 3.63) is 0 Å². The first-order chi connectivity index (χ1) is 7.16. The summed E-state index contributed by atoms with van der Waals surface area (Å²) in [7, 11) is 0. The monoisotopic (exact) mass is 216 g/mol. The highest BCUT2D eigenvalue weighted by Crippen LogP contribution is 2.18. The predicted octanol–water partition coefficient (Wildman–Crippen LogP) is -0.392. The molecule has 1 heterocycles. The topological polar surface area (TPSA) is 89.9 Å². The minimum Gasteiger partial charge on any atom is -0.478 e. The Labute approximate surface area is 86.2 Å². The summed E-state index contributed by atoms with van der Waals surface area (Å²) < 4.78 is 9.29. The van der Waals surface area contributed by atoms with Gasteiger partial charge in [-0.2, -0.15) is 0 Å². The molecule has 1 fully saturated rings. The SMILES string of the molecule is O=COC(C(=O)O)C(=O)C1CCOCC1. The van der Waals surface area contributed by atoms with Gasteiger partial charge in [0, 0.05) is 19.1 Å². The van der Waals surface area contributed by atoms with E-state index in [0.717, 1.165) is 0 Å². The number of carbonyl (C=O) groups is 3. The van der Waals surface area contributed by atoms with Crippen molar-refractivity contribution in [1.82, 2.24) is 0 Å². The highest BCUT2D eigenvalue weighted by molar-refractivity contribution is 6.03. The van der Waals surface area contributed by atoms with E-state index in [0.29, 0.717) is 26.1 Å². The molecule has 1 aliphatic heterocycles. The van der Waals surface area contributed by atoms with Crippen molar-refractivity contribution >= 4 is 18.2 Å². The van der Waals surface area contributed by atoms with E-state index in [1.54, 1.807) is 0 Å². The lowest BCUT2D eigenvalue weighted by Crippen LogP contribution is -2.39. The van der Waals surface area contributed by atoms with Crippen LogP contribution in [0.2, 0.25) is 0 Å². The minimum atomic E-state index is -1.68. The molecule has 6 nitrogen and oxygen atoms in total. The molecule has 1 N–H and O–H groups in total. The molecule has 15 heavy (non-hydrogen) atoms. The third kappa shape index (κ3) is 3.02. The van der Waals surface area contributed by atoms with Crippen molar-refractivity contribution in [2.75, 3.05) is 13.2 Å². The number of ketones is 1. The molecule has 1 saturated heterocycles. The Morgan fingerprint density at radius 3 is 2.47 bits per heavy atom. The van der Waals surface area contributed by atoms with E-state index in [1.165, 1.54) is 0 Å². The fourth-order valence-electron chi connectivity index (χ4n) is 1.50. The molecule has 1 atom stereocenters. The van der Waals surface area contributed by atoms with Gasteiger partial charge in [0.15, 0.2) is 5.78 Å². The van der Waals surface area contributed by atoms with Crippen molar-refractivity contribution in [2.24, 2.45) is 5.92 Å². The molecule has 0 radical (unpaired) electrons. The molecule has 0 aromatic rings. The Hall–Kier alpha value is -1.43. The number of hydrogen-bond donors (Lipinski definition) is 1. The molecular weight excluding hydrogens is 204 g/mol. The Kier molecular flexibility index (Phi) is 4.23. The Morgan fingerprint density at radius 1 is 1.40 bits per heavy atom. The Morgan fingerprint density at radius 2 is 2.00 bits per heavy atom. The molecule has 0 bridgehead atoms. The number of ether oxygens (including phenoxy) is 2. The molecule has 0 spiro atoms. The smallest absolute Gasteiger partial charge is 0.352 e. The van der Waals surface area contributed by atoms with Crippen LogP contribution in [-0.2, 0) is 23.9 Å². The molecule has 1 aliphatic rings. The van der Waals surface area contributed by atoms with E-state index in [4.69, 9.17) is 9.84 Å². The van der Waals surface area contributed by atoms with Gasteiger partial charge in [-0.3, -0.25) is 9.59 Å². The lowest BCUT2D eigenvalue weighted by atomic mass is 9.92. The van der Waals surface area contributed by atoms with Crippen molar-refractivity contribution in [3.8, 4) is 0 Å². The van der Waals surface area contributed by atoms with Gasteiger partial charge in [-0.05, 0) is 12.8 Å². The summed E-state index contributed by atoms with van der Waals surface area (Å²) in [5.74, 6) is -2.38. The number of carboxylic acids is 1. The van der Waals surface area contributed by atoms with Crippen LogP contribution in [0.1, 0.15) is 12.8 Å². The van der Waals surface area contributed by atoms with E-state index in [-0.39, 0.29) is 12.4 Å². The van der Waals surface area contributed by atoms with E-state index in [1.807, 2.05) is 0 Å². The van der Waals surface area contributed by atoms with E-state index in [9.17, 15) is 14.4 Å². The standard InChI is InChI=1S/C9H12O6/c10-5-15-8(9(12)13)7(11)6-1-3-14-4-2-6/h5-6,8H,1-4H2,(H,12,13).